The third-order valence-electron chi connectivity index (χ3n) is 2.41. The van der Waals surface area contributed by atoms with E-state index in [0.717, 1.165) is 16.5 Å². The molecule has 94 valence electrons. The molecule has 0 atom stereocenters. The van der Waals surface area contributed by atoms with Crippen LogP contribution in [0, 0.1) is 5.82 Å². The van der Waals surface area contributed by atoms with Crippen LogP contribution in [-0.4, -0.2) is 18.2 Å². The Hall–Kier alpha value is -0.910. The van der Waals surface area contributed by atoms with E-state index >= 15 is 0 Å². The Morgan fingerprint density at radius 1 is 1.44 bits per heavy atom. The lowest BCUT2D eigenvalue weighted by Crippen LogP contribution is -2.31. The number of Topliss-reactive ketones (excluding diaryl/α,β-unsaturated/α-hetero) is 1. The van der Waals surface area contributed by atoms with Gasteiger partial charge in [0.2, 0.25) is 0 Å². The number of carbonyl (C=O) groups is 2. The lowest BCUT2D eigenvalue weighted by molar-refractivity contribution is -0.114. The zero-order valence-corrected chi connectivity index (χ0v) is 11.8. The van der Waals surface area contributed by atoms with Crippen molar-refractivity contribution in [3.63, 3.8) is 0 Å². The maximum Gasteiger partial charge on any atom is 0.299 e. The van der Waals surface area contributed by atoms with Gasteiger partial charge in [-0.25, -0.2) is 4.39 Å². The number of benzene rings is 1. The first-order chi connectivity index (χ1) is 8.45. The second kappa shape index (κ2) is 4.99. The third-order valence-corrected chi connectivity index (χ3v) is 3.62. The van der Waals surface area contributed by atoms with Crippen LogP contribution in [0.2, 0.25) is 0 Å². The number of nitrogens with zero attached hydrogens (tertiary/aromatic N) is 1. The number of anilines is 1. The number of rotatable bonds is 2. The monoisotopic (exact) mass is 351 g/mol. The second-order valence-corrected chi connectivity index (χ2v) is 5.12. The van der Waals surface area contributed by atoms with Gasteiger partial charge in [0.15, 0.2) is 0 Å². The van der Waals surface area contributed by atoms with Crippen molar-refractivity contribution in [3.8, 4) is 0 Å². The van der Waals surface area contributed by atoms with E-state index in [1.165, 1.54) is 6.07 Å². The molecule has 0 fully saturated rings. The summed E-state index contributed by atoms with van der Waals surface area (Å²) >= 11 is 14.3. The first kappa shape index (κ1) is 13.5. The number of halogens is 4. The van der Waals surface area contributed by atoms with E-state index < -0.39 is 17.5 Å². The third kappa shape index (κ3) is 2.18. The van der Waals surface area contributed by atoms with Crippen LogP contribution in [0.3, 0.4) is 0 Å². The fourth-order valence-corrected chi connectivity index (χ4v) is 2.52. The largest absolute Gasteiger partial charge is 0.299 e. The van der Waals surface area contributed by atoms with E-state index in [1.54, 1.807) is 0 Å². The molecule has 0 spiro atoms. The normalized spacial score (nSPS) is 15.3. The van der Waals surface area contributed by atoms with Crippen LogP contribution in [-0.2, 0) is 4.79 Å². The van der Waals surface area contributed by atoms with Gasteiger partial charge in [0, 0.05) is 15.0 Å². The molecule has 0 aromatic heterocycles. The summed E-state index contributed by atoms with van der Waals surface area (Å²) in [6.45, 7) is -0.0349. The Morgan fingerprint density at radius 3 is 2.72 bits per heavy atom. The van der Waals surface area contributed by atoms with Gasteiger partial charge < -0.3 is 0 Å². The van der Waals surface area contributed by atoms with Crippen molar-refractivity contribution < 1.29 is 14.0 Å². The number of hydrogen-bond acceptors (Lipinski definition) is 2. The molecule has 0 N–H and O–H groups in total. The van der Waals surface area contributed by atoms with E-state index in [0.29, 0.717) is 10.2 Å². The molecule has 7 heteroatoms. The second-order valence-electron chi connectivity index (χ2n) is 3.56. The molecule has 0 aliphatic carbocycles. The van der Waals surface area contributed by atoms with Crippen molar-refractivity contribution in [1.29, 1.82) is 0 Å². The number of hydrogen-bond donors (Lipinski definition) is 0. The summed E-state index contributed by atoms with van der Waals surface area (Å²) in [7, 11) is 0. The topological polar surface area (TPSA) is 37.4 Å². The van der Waals surface area contributed by atoms with E-state index in [9.17, 15) is 14.0 Å². The summed E-state index contributed by atoms with van der Waals surface area (Å²) in [6, 6.07) is 2.20. The molecule has 1 heterocycles. The predicted molar refractivity (Wildman–Crippen MR) is 70.6 cm³/mol. The van der Waals surface area contributed by atoms with Gasteiger partial charge in [0.05, 0.1) is 17.8 Å². The molecule has 2 rings (SSSR count). The fourth-order valence-electron chi connectivity index (χ4n) is 1.69. The first-order valence-corrected chi connectivity index (χ1v) is 6.36. The summed E-state index contributed by atoms with van der Waals surface area (Å²) in [4.78, 5) is 24.6. The van der Waals surface area contributed by atoms with Gasteiger partial charge in [-0.2, -0.15) is 0 Å². The van der Waals surface area contributed by atoms with Crippen molar-refractivity contribution in [2.45, 2.75) is 0 Å². The molecule has 0 saturated carbocycles. The smallest absolute Gasteiger partial charge is 0.298 e. The lowest BCUT2D eigenvalue weighted by Gasteiger charge is -2.16. The summed E-state index contributed by atoms with van der Waals surface area (Å²) in [6.07, 6.45) is 0. The SMILES string of the molecule is O=C1C(=O)N(CC(Cl)=CCl)c2c(Br)cc(F)cc21. The van der Waals surface area contributed by atoms with Crippen molar-refractivity contribution in [1.82, 2.24) is 0 Å². The van der Waals surface area contributed by atoms with Gasteiger partial charge in [0.1, 0.15) is 5.82 Å². The highest BCUT2D eigenvalue weighted by atomic mass is 79.9. The quantitative estimate of drug-likeness (QED) is 0.764. The average molecular weight is 353 g/mol. The van der Waals surface area contributed by atoms with Crippen LogP contribution in [0.15, 0.2) is 27.2 Å². The molecular weight excluding hydrogens is 348 g/mol. The molecule has 1 aromatic carbocycles. The Labute approximate surface area is 120 Å². The average Bonchev–Trinajstić information content (AvgIpc) is 2.54. The van der Waals surface area contributed by atoms with E-state index in [1.807, 2.05) is 0 Å². The summed E-state index contributed by atoms with van der Waals surface area (Å²) < 4.78 is 13.5. The van der Waals surface area contributed by atoms with Crippen LogP contribution in [0.5, 0.6) is 0 Å². The maximum absolute atomic E-state index is 13.2. The highest BCUT2D eigenvalue weighted by molar-refractivity contribution is 9.10. The van der Waals surface area contributed by atoms with E-state index in [2.05, 4.69) is 15.9 Å². The number of fused-ring (bicyclic) bond motifs is 1. The van der Waals surface area contributed by atoms with Crippen LogP contribution in [0.25, 0.3) is 0 Å². The Bertz CT molecular complexity index is 589. The minimum Gasteiger partial charge on any atom is -0.298 e. The number of carbonyl (C=O) groups excluding carboxylic acids is 2. The van der Waals surface area contributed by atoms with Crippen molar-refractivity contribution in [2.75, 3.05) is 11.4 Å². The van der Waals surface area contributed by atoms with Gasteiger partial charge in [-0.1, -0.05) is 23.2 Å². The van der Waals surface area contributed by atoms with Crippen LogP contribution in [0.4, 0.5) is 10.1 Å². The molecule has 1 amide bonds. The molecule has 3 nitrogen and oxygen atoms in total. The van der Waals surface area contributed by atoms with E-state index in [4.69, 9.17) is 23.2 Å². The van der Waals surface area contributed by atoms with Gasteiger partial charge in [-0.3, -0.25) is 14.5 Å². The molecule has 1 aliphatic rings. The van der Waals surface area contributed by atoms with Crippen molar-refractivity contribution in [3.05, 3.63) is 38.6 Å². The Balaban J connectivity index is 2.55. The van der Waals surface area contributed by atoms with Gasteiger partial charge in [0.25, 0.3) is 11.7 Å². The summed E-state index contributed by atoms with van der Waals surface area (Å²) in [5.41, 5.74) is 1.43. The van der Waals surface area contributed by atoms with Crippen LogP contribution in [0.1, 0.15) is 10.4 Å². The minimum atomic E-state index is -0.760. The predicted octanol–water partition coefficient (Wildman–Crippen LogP) is 3.44. The van der Waals surface area contributed by atoms with Gasteiger partial charge >= 0.3 is 0 Å². The van der Waals surface area contributed by atoms with Gasteiger partial charge in [-0.15, -0.1) is 0 Å². The highest BCUT2D eigenvalue weighted by Crippen LogP contribution is 2.37. The molecule has 1 aromatic rings. The minimum absolute atomic E-state index is 0.0194. The van der Waals surface area contributed by atoms with Crippen molar-refractivity contribution in [2.24, 2.45) is 0 Å². The molecule has 1 aliphatic heterocycles. The number of amides is 1. The van der Waals surface area contributed by atoms with E-state index in [-0.39, 0.29) is 17.1 Å². The first-order valence-electron chi connectivity index (χ1n) is 4.75. The molecule has 0 radical (unpaired) electrons. The standard InChI is InChI=1S/C11H5BrCl2FNO2/c12-8-2-6(15)1-7-9(8)16(4-5(14)3-13)11(18)10(7)17/h1-3H,4H2. The lowest BCUT2D eigenvalue weighted by atomic mass is 10.1. The molecular formula is C11H5BrCl2FNO2. The molecule has 0 unspecified atom stereocenters. The van der Waals surface area contributed by atoms with Crippen LogP contribution < -0.4 is 4.90 Å². The van der Waals surface area contributed by atoms with Crippen LogP contribution >= 0.6 is 39.1 Å². The Morgan fingerprint density at radius 2 is 2.11 bits per heavy atom. The van der Waals surface area contributed by atoms with Crippen molar-refractivity contribution >= 4 is 56.5 Å². The molecule has 18 heavy (non-hydrogen) atoms. The zero-order chi connectivity index (χ0) is 13.4. The molecule has 0 saturated heterocycles. The highest BCUT2D eigenvalue weighted by Gasteiger charge is 2.38. The maximum atomic E-state index is 13.2. The zero-order valence-electron chi connectivity index (χ0n) is 8.71. The van der Waals surface area contributed by atoms with Gasteiger partial charge in [-0.05, 0) is 28.1 Å². The summed E-state index contributed by atoms with van der Waals surface area (Å²) in [5.74, 6) is -2.11. The Kier molecular flexibility index (Phi) is 3.75. The fraction of sp³-hybridized carbons (Fsp3) is 0.0909. The molecule has 0 bridgehead atoms. The summed E-state index contributed by atoms with van der Waals surface area (Å²) in [5, 5.41) is 0.196. The number of ketones is 1.